The number of aromatic nitrogens is 1. The lowest BCUT2D eigenvalue weighted by Gasteiger charge is -2.24. The van der Waals surface area contributed by atoms with Gasteiger partial charge in [-0.1, -0.05) is 13.3 Å². The van der Waals surface area contributed by atoms with Crippen molar-refractivity contribution in [2.75, 3.05) is 24.1 Å². The van der Waals surface area contributed by atoms with Gasteiger partial charge in [0, 0.05) is 11.4 Å². The number of nitrogens with two attached hydrogens (primary N) is 1. The lowest BCUT2D eigenvalue weighted by atomic mass is 10.0. The molecule has 3 rings (SSSR count). The fraction of sp³-hybridized carbons (Fsp3) is 0.500. The van der Waals surface area contributed by atoms with Crippen molar-refractivity contribution >= 4 is 39.0 Å². The van der Waals surface area contributed by atoms with Gasteiger partial charge >= 0.3 is 5.97 Å². The molecule has 7 heteroatoms. The molecular formula is C16H22N4O2S. The van der Waals surface area contributed by atoms with Crippen LogP contribution < -0.4 is 16.4 Å². The van der Waals surface area contributed by atoms with Crippen molar-refractivity contribution in [1.29, 1.82) is 0 Å². The minimum Gasteiger partial charge on any atom is -0.477 e. The smallest absolute Gasteiger partial charge is 0.348 e. The van der Waals surface area contributed by atoms with Crippen molar-refractivity contribution in [2.24, 2.45) is 0 Å². The molecule has 1 fully saturated rings. The Balaban J connectivity index is 2.01. The van der Waals surface area contributed by atoms with Crippen molar-refractivity contribution in [2.45, 2.75) is 38.6 Å². The quantitative estimate of drug-likeness (QED) is 0.671. The number of carboxylic acids is 1. The number of carbonyl (C=O) groups is 1. The monoisotopic (exact) mass is 334 g/mol. The van der Waals surface area contributed by atoms with Gasteiger partial charge in [-0.2, -0.15) is 0 Å². The van der Waals surface area contributed by atoms with E-state index >= 15 is 0 Å². The maximum Gasteiger partial charge on any atom is 0.348 e. The normalized spacial score (nSPS) is 15.9. The number of rotatable bonds is 5. The Morgan fingerprint density at radius 2 is 2.26 bits per heavy atom. The van der Waals surface area contributed by atoms with Gasteiger partial charge in [0.25, 0.3) is 0 Å². The lowest BCUT2D eigenvalue weighted by molar-refractivity contribution is 0.0703. The Kier molecular flexibility index (Phi) is 4.68. The molecule has 0 bridgehead atoms. The van der Waals surface area contributed by atoms with E-state index in [9.17, 15) is 9.90 Å². The van der Waals surface area contributed by atoms with Gasteiger partial charge in [0.1, 0.15) is 15.5 Å². The van der Waals surface area contributed by atoms with Crippen LogP contribution in [0.2, 0.25) is 0 Å². The molecule has 0 aliphatic carbocycles. The second-order valence-corrected chi connectivity index (χ2v) is 6.91. The van der Waals surface area contributed by atoms with Gasteiger partial charge in [-0.3, -0.25) is 0 Å². The molecule has 124 valence electrons. The second kappa shape index (κ2) is 6.72. The fourth-order valence-corrected chi connectivity index (χ4v) is 4.05. The van der Waals surface area contributed by atoms with Crippen LogP contribution >= 0.6 is 11.3 Å². The summed E-state index contributed by atoms with van der Waals surface area (Å²) in [4.78, 5) is 16.9. The SMILES string of the molecule is CCCc1cc(NC2CCNCC2)nc2sc(C(=O)O)c(N)c12. The Labute approximate surface area is 139 Å². The van der Waals surface area contributed by atoms with Crippen molar-refractivity contribution < 1.29 is 9.90 Å². The number of hydrogen-bond acceptors (Lipinski definition) is 6. The Bertz CT molecular complexity index is 722. The zero-order chi connectivity index (χ0) is 16.4. The number of aryl methyl sites for hydroxylation is 1. The first kappa shape index (κ1) is 16.0. The molecular weight excluding hydrogens is 312 g/mol. The first-order valence-electron chi connectivity index (χ1n) is 8.02. The molecule has 0 spiro atoms. The first-order valence-corrected chi connectivity index (χ1v) is 8.84. The van der Waals surface area contributed by atoms with Gasteiger partial charge in [-0.05, 0) is 44.0 Å². The number of nitrogens with zero attached hydrogens (tertiary/aromatic N) is 1. The molecule has 0 aromatic carbocycles. The van der Waals surface area contributed by atoms with Gasteiger partial charge in [0.15, 0.2) is 0 Å². The molecule has 1 saturated heterocycles. The summed E-state index contributed by atoms with van der Waals surface area (Å²) in [5.41, 5.74) is 7.49. The highest BCUT2D eigenvalue weighted by Crippen LogP contribution is 2.36. The maximum absolute atomic E-state index is 11.3. The van der Waals surface area contributed by atoms with E-state index in [1.54, 1.807) is 0 Å². The van der Waals surface area contributed by atoms with Gasteiger partial charge in [-0.15, -0.1) is 11.3 Å². The highest BCUT2D eigenvalue weighted by molar-refractivity contribution is 7.21. The Morgan fingerprint density at radius 1 is 1.52 bits per heavy atom. The average molecular weight is 334 g/mol. The number of piperidine rings is 1. The molecule has 0 unspecified atom stereocenters. The summed E-state index contributed by atoms with van der Waals surface area (Å²) >= 11 is 1.16. The maximum atomic E-state index is 11.3. The van der Waals surface area contributed by atoms with Gasteiger partial charge in [0.05, 0.1) is 5.69 Å². The number of thiophene rings is 1. The molecule has 3 heterocycles. The van der Waals surface area contributed by atoms with Crippen molar-refractivity contribution in [3.8, 4) is 0 Å². The highest BCUT2D eigenvalue weighted by Gasteiger charge is 2.20. The second-order valence-electron chi connectivity index (χ2n) is 5.92. The lowest BCUT2D eigenvalue weighted by Crippen LogP contribution is -2.35. The average Bonchev–Trinajstić information content (AvgIpc) is 2.86. The van der Waals surface area contributed by atoms with Crippen molar-refractivity contribution in [1.82, 2.24) is 10.3 Å². The number of pyridine rings is 1. The van der Waals surface area contributed by atoms with Crippen molar-refractivity contribution in [3.05, 3.63) is 16.5 Å². The fourth-order valence-electron chi connectivity index (χ4n) is 3.07. The third-order valence-corrected chi connectivity index (χ3v) is 5.27. The summed E-state index contributed by atoms with van der Waals surface area (Å²) in [6.07, 6.45) is 3.97. The van der Waals surface area contributed by atoms with E-state index in [4.69, 9.17) is 5.73 Å². The van der Waals surface area contributed by atoms with E-state index in [2.05, 4.69) is 22.5 Å². The molecule has 1 aliphatic heterocycles. The zero-order valence-corrected chi connectivity index (χ0v) is 14.0. The van der Waals surface area contributed by atoms with E-state index in [0.717, 1.165) is 66.9 Å². The molecule has 23 heavy (non-hydrogen) atoms. The van der Waals surface area contributed by atoms with E-state index < -0.39 is 5.97 Å². The van der Waals surface area contributed by atoms with Crippen LogP contribution in [0.15, 0.2) is 6.07 Å². The van der Waals surface area contributed by atoms with E-state index in [1.807, 2.05) is 6.07 Å². The Morgan fingerprint density at radius 3 is 2.91 bits per heavy atom. The van der Waals surface area contributed by atoms with E-state index in [1.165, 1.54) is 0 Å². The molecule has 1 aliphatic rings. The van der Waals surface area contributed by atoms with E-state index in [-0.39, 0.29) is 4.88 Å². The third-order valence-electron chi connectivity index (χ3n) is 4.19. The van der Waals surface area contributed by atoms with Gasteiger partial charge < -0.3 is 21.5 Å². The van der Waals surface area contributed by atoms with E-state index in [0.29, 0.717) is 16.6 Å². The van der Waals surface area contributed by atoms with Crippen LogP contribution in [0.5, 0.6) is 0 Å². The molecule has 0 saturated carbocycles. The summed E-state index contributed by atoms with van der Waals surface area (Å²) in [5, 5.41) is 17.0. The van der Waals surface area contributed by atoms with Gasteiger partial charge in [-0.25, -0.2) is 9.78 Å². The van der Waals surface area contributed by atoms with Crippen LogP contribution in [0.4, 0.5) is 11.5 Å². The molecule has 5 N–H and O–H groups in total. The summed E-state index contributed by atoms with van der Waals surface area (Å²) in [6, 6.07) is 2.44. The molecule has 2 aromatic rings. The number of nitrogens with one attached hydrogen (secondary N) is 2. The minimum atomic E-state index is -0.985. The molecule has 2 aromatic heterocycles. The zero-order valence-electron chi connectivity index (χ0n) is 13.2. The standard InChI is InChI=1S/C16H22N4O2S/c1-2-3-9-8-11(19-10-4-6-18-7-5-10)20-15-12(9)13(17)14(23-15)16(21)22/h8,10,18H,2-7,17H2,1H3,(H,19,20)(H,21,22). The number of anilines is 2. The number of fused-ring (bicyclic) bond motifs is 1. The molecule has 0 radical (unpaired) electrons. The predicted molar refractivity (Wildman–Crippen MR) is 94.5 cm³/mol. The number of nitrogen functional groups attached to an aromatic ring is 1. The number of aromatic carboxylic acids is 1. The first-order chi connectivity index (χ1) is 11.1. The summed E-state index contributed by atoms with van der Waals surface area (Å²) in [6.45, 7) is 4.13. The summed E-state index contributed by atoms with van der Waals surface area (Å²) in [7, 11) is 0. The van der Waals surface area contributed by atoms with Crippen LogP contribution in [0.1, 0.15) is 41.4 Å². The predicted octanol–water partition coefficient (Wildman–Crippen LogP) is 2.69. The molecule has 0 amide bonds. The molecule has 0 atom stereocenters. The summed E-state index contributed by atoms with van der Waals surface area (Å²) in [5.74, 6) is -0.160. The number of carboxylic acid groups (broad SMARTS) is 1. The van der Waals surface area contributed by atoms with Crippen LogP contribution in [-0.2, 0) is 6.42 Å². The molecule has 6 nitrogen and oxygen atoms in total. The minimum absolute atomic E-state index is 0.184. The Hall–Kier alpha value is -1.86. The topological polar surface area (TPSA) is 100 Å². The summed E-state index contributed by atoms with van der Waals surface area (Å²) < 4.78 is 0. The third kappa shape index (κ3) is 3.25. The van der Waals surface area contributed by atoms with Crippen LogP contribution in [0, 0.1) is 0 Å². The number of hydrogen-bond donors (Lipinski definition) is 4. The highest BCUT2D eigenvalue weighted by atomic mass is 32.1. The van der Waals surface area contributed by atoms with Crippen LogP contribution in [0.3, 0.4) is 0 Å². The van der Waals surface area contributed by atoms with Crippen molar-refractivity contribution in [3.63, 3.8) is 0 Å². The van der Waals surface area contributed by atoms with Gasteiger partial charge in [0.2, 0.25) is 0 Å². The largest absolute Gasteiger partial charge is 0.477 e. The van der Waals surface area contributed by atoms with Crippen LogP contribution in [0.25, 0.3) is 10.2 Å². The van der Waals surface area contributed by atoms with Crippen LogP contribution in [-0.4, -0.2) is 35.2 Å².